The fourth-order valence-corrected chi connectivity index (χ4v) is 2.43. The van der Waals surface area contributed by atoms with Crippen molar-refractivity contribution in [2.45, 2.75) is 13.5 Å². The van der Waals surface area contributed by atoms with Crippen LogP contribution in [0.5, 0.6) is 17.2 Å². The zero-order valence-electron chi connectivity index (χ0n) is 15.8. The Balaban J connectivity index is 1.98. The molecule has 28 heavy (non-hydrogen) atoms. The maximum Gasteiger partial charge on any atom is 0.344 e. The molecule has 8 nitrogen and oxygen atoms in total. The van der Waals surface area contributed by atoms with Gasteiger partial charge in [-0.2, -0.15) is 0 Å². The average molecular weight is 387 g/mol. The van der Waals surface area contributed by atoms with Crippen molar-refractivity contribution in [1.82, 2.24) is 0 Å². The van der Waals surface area contributed by atoms with Crippen LogP contribution in [-0.4, -0.2) is 31.7 Å². The molecule has 2 rings (SSSR count). The summed E-state index contributed by atoms with van der Waals surface area (Å²) in [7, 11) is 2.94. The third-order valence-electron chi connectivity index (χ3n) is 3.76. The van der Waals surface area contributed by atoms with Crippen molar-refractivity contribution in [2.24, 2.45) is 0 Å². The van der Waals surface area contributed by atoms with Crippen molar-refractivity contribution in [3.05, 3.63) is 63.7 Å². The summed E-state index contributed by atoms with van der Waals surface area (Å²) in [5.41, 5.74) is 1.21. The molecule has 0 heterocycles. The zero-order chi connectivity index (χ0) is 20.5. The van der Waals surface area contributed by atoms with Gasteiger partial charge in [0.1, 0.15) is 12.4 Å². The van der Waals surface area contributed by atoms with Gasteiger partial charge in [-0.1, -0.05) is 18.2 Å². The number of esters is 1. The highest BCUT2D eigenvalue weighted by atomic mass is 16.6. The van der Waals surface area contributed by atoms with E-state index >= 15 is 0 Å². The van der Waals surface area contributed by atoms with Gasteiger partial charge in [-0.05, 0) is 30.7 Å². The van der Waals surface area contributed by atoms with Crippen molar-refractivity contribution in [3.63, 3.8) is 0 Å². The van der Waals surface area contributed by atoms with Crippen LogP contribution in [0.3, 0.4) is 0 Å². The Hall–Kier alpha value is -3.55. The van der Waals surface area contributed by atoms with Crippen LogP contribution in [0.4, 0.5) is 5.69 Å². The number of hydrogen-bond acceptors (Lipinski definition) is 7. The molecule has 0 unspecified atom stereocenters. The molecule has 2 aromatic rings. The van der Waals surface area contributed by atoms with Crippen molar-refractivity contribution >= 4 is 17.7 Å². The molecule has 0 aliphatic rings. The molecule has 148 valence electrons. The molecule has 0 aliphatic carbocycles. The number of hydrogen-bond donors (Lipinski definition) is 0. The van der Waals surface area contributed by atoms with E-state index in [-0.39, 0.29) is 18.9 Å². The number of rotatable bonds is 9. The molecule has 0 saturated carbocycles. The molecule has 0 atom stereocenters. The van der Waals surface area contributed by atoms with Crippen molar-refractivity contribution in [3.8, 4) is 17.2 Å². The minimum atomic E-state index is -0.631. The Morgan fingerprint density at radius 1 is 1.07 bits per heavy atom. The maximum absolute atomic E-state index is 12.0. The molecular formula is C20H21NO7. The van der Waals surface area contributed by atoms with Gasteiger partial charge in [0.15, 0.2) is 18.1 Å². The number of nitrogens with zero attached hydrogens (tertiary/aromatic N) is 1. The summed E-state index contributed by atoms with van der Waals surface area (Å²) in [4.78, 5) is 22.4. The zero-order valence-corrected chi connectivity index (χ0v) is 15.8. The Kier molecular flexibility index (Phi) is 7.38. The van der Waals surface area contributed by atoms with E-state index in [1.54, 1.807) is 12.1 Å². The van der Waals surface area contributed by atoms with E-state index in [1.165, 1.54) is 32.4 Å². The topological polar surface area (TPSA) is 97.1 Å². The Labute approximate surface area is 162 Å². The van der Waals surface area contributed by atoms with Crippen LogP contribution in [0.15, 0.2) is 42.5 Å². The van der Waals surface area contributed by atoms with E-state index in [2.05, 4.69) is 0 Å². The molecule has 2 aromatic carbocycles. The van der Waals surface area contributed by atoms with E-state index in [1.807, 2.05) is 25.1 Å². The monoisotopic (exact) mass is 387 g/mol. The van der Waals surface area contributed by atoms with Gasteiger partial charge in [-0.15, -0.1) is 0 Å². The molecule has 0 spiro atoms. The highest BCUT2D eigenvalue weighted by molar-refractivity contribution is 5.71. The number of allylic oxidation sites excluding steroid dienone is 1. The lowest BCUT2D eigenvalue weighted by Crippen LogP contribution is -2.15. The van der Waals surface area contributed by atoms with Gasteiger partial charge >= 0.3 is 5.97 Å². The molecule has 0 radical (unpaired) electrons. The fourth-order valence-electron chi connectivity index (χ4n) is 2.43. The Bertz CT molecular complexity index is 877. The highest BCUT2D eigenvalue weighted by Gasteiger charge is 2.14. The number of benzene rings is 2. The quantitative estimate of drug-likeness (QED) is 0.367. The number of carbonyl (C=O) groups excluding carboxylic acids is 1. The molecule has 8 heteroatoms. The number of methoxy groups -OCH3 is 2. The first-order valence-electron chi connectivity index (χ1n) is 8.39. The average Bonchev–Trinajstić information content (AvgIpc) is 2.70. The van der Waals surface area contributed by atoms with E-state index in [9.17, 15) is 14.9 Å². The van der Waals surface area contributed by atoms with Gasteiger partial charge in [0, 0.05) is 17.7 Å². The number of ether oxygens (including phenoxy) is 4. The predicted molar refractivity (Wildman–Crippen MR) is 103 cm³/mol. The fraction of sp³-hybridized carbons (Fsp3) is 0.250. The standard InChI is InChI=1S/C20H21NO7/c1-4-5-14-6-8-18(19(10-14)26-3)27-13-20(22)28-12-15-11-16(21(23)24)7-9-17(15)25-2/h4-11H,12-13H2,1-3H3/b5-4+. The van der Waals surface area contributed by atoms with Crippen LogP contribution >= 0.6 is 0 Å². The number of nitro groups is 1. The van der Waals surface area contributed by atoms with Crippen LogP contribution in [0.2, 0.25) is 0 Å². The first kappa shape index (κ1) is 20.8. The lowest BCUT2D eigenvalue weighted by Gasteiger charge is -2.12. The van der Waals surface area contributed by atoms with Gasteiger partial charge in [0.05, 0.1) is 19.1 Å². The summed E-state index contributed by atoms with van der Waals surface area (Å²) in [5, 5.41) is 10.9. The first-order valence-corrected chi connectivity index (χ1v) is 8.39. The second-order valence-electron chi connectivity index (χ2n) is 5.61. The molecular weight excluding hydrogens is 366 g/mol. The molecule has 0 fully saturated rings. The van der Waals surface area contributed by atoms with Crippen LogP contribution in [0.1, 0.15) is 18.1 Å². The minimum Gasteiger partial charge on any atom is -0.496 e. The summed E-state index contributed by atoms with van der Waals surface area (Å²) in [6, 6.07) is 9.39. The number of nitro benzene ring substituents is 1. The summed E-state index contributed by atoms with van der Waals surface area (Å²) < 4.78 is 21.0. The van der Waals surface area contributed by atoms with Crippen molar-refractivity contribution in [1.29, 1.82) is 0 Å². The van der Waals surface area contributed by atoms with Gasteiger partial charge < -0.3 is 18.9 Å². The van der Waals surface area contributed by atoms with E-state index < -0.39 is 10.9 Å². The third kappa shape index (κ3) is 5.47. The molecule has 0 saturated heterocycles. The first-order chi connectivity index (χ1) is 13.5. The summed E-state index contributed by atoms with van der Waals surface area (Å²) in [5.74, 6) is 0.651. The molecule has 0 aliphatic heterocycles. The largest absolute Gasteiger partial charge is 0.496 e. The Morgan fingerprint density at radius 3 is 2.43 bits per heavy atom. The van der Waals surface area contributed by atoms with Crippen LogP contribution in [0, 0.1) is 10.1 Å². The molecule has 0 bridgehead atoms. The van der Waals surface area contributed by atoms with Gasteiger partial charge in [0.2, 0.25) is 0 Å². The van der Waals surface area contributed by atoms with Crippen LogP contribution < -0.4 is 14.2 Å². The lowest BCUT2D eigenvalue weighted by atomic mass is 10.2. The van der Waals surface area contributed by atoms with Gasteiger partial charge in [-0.25, -0.2) is 4.79 Å². The van der Waals surface area contributed by atoms with E-state index in [0.717, 1.165) is 5.56 Å². The number of non-ortho nitro benzene ring substituents is 1. The summed E-state index contributed by atoms with van der Waals surface area (Å²) in [6.45, 7) is 1.39. The van der Waals surface area contributed by atoms with E-state index in [0.29, 0.717) is 22.8 Å². The SMILES string of the molecule is C/C=C/c1ccc(OCC(=O)OCc2cc([N+](=O)[O-])ccc2OC)c(OC)c1. The van der Waals surface area contributed by atoms with Crippen molar-refractivity contribution < 1.29 is 28.7 Å². The van der Waals surface area contributed by atoms with Gasteiger partial charge in [0.25, 0.3) is 5.69 Å². The lowest BCUT2D eigenvalue weighted by molar-refractivity contribution is -0.385. The minimum absolute atomic E-state index is 0.117. The Morgan fingerprint density at radius 2 is 1.79 bits per heavy atom. The van der Waals surface area contributed by atoms with Crippen LogP contribution in [0.25, 0.3) is 6.08 Å². The normalized spacial score (nSPS) is 10.5. The number of carbonyl (C=O) groups is 1. The molecule has 0 N–H and O–H groups in total. The van der Waals surface area contributed by atoms with Crippen LogP contribution in [-0.2, 0) is 16.1 Å². The maximum atomic E-state index is 12.0. The second kappa shape index (κ2) is 9.96. The third-order valence-corrected chi connectivity index (χ3v) is 3.76. The molecule has 0 amide bonds. The molecule has 0 aromatic heterocycles. The summed E-state index contributed by atoms with van der Waals surface area (Å²) >= 11 is 0. The predicted octanol–water partition coefficient (Wildman–Crippen LogP) is 3.77. The van der Waals surface area contributed by atoms with E-state index in [4.69, 9.17) is 18.9 Å². The van der Waals surface area contributed by atoms with Crippen molar-refractivity contribution in [2.75, 3.05) is 20.8 Å². The second-order valence-corrected chi connectivity index (χ2v) is 5.61. The summed E-state index contributed by atoms with van der Waals surface area (Å²) in [6.07, 6.45) is 3.81. The highest BCUT2D eigenvalue weighted by Crippen LogP contribution is 2.29. The van der Waals surface area contributed by atoms with Gasteiger partial charge in [-0.3, -0.25) is 10.1 Å². The smallest absolute Gasteiger partial charge is 0.344 e.